The summed E-state index contributed by atoms with van der Waals surface area (Å²) in [7, 11) is 0. The normalized spacial score (nSPS) is 11.4. The molecule has 0 aliphatic carbocycles. The Bertz CT molecular complexity index is 1480. The van der Waals surface area contributed by atoms with Crippen molar-refractivity contribution >= 4 is 16.9 Å². The summed E-state index contributed by atoms with van der Waals surface area (Å²) in [5, 5.41) is 7.08. The quantitative estimate of drug-likeness (QED) is 0.267. The average Bonchev–Trinajstić information content (AvgIpc) is 3.26. The number of hydrogen-bond donors (Lipinski definition) is 0. The van der Waals surface area contributed by atoms with Crippen molar-refractivity contribution in [3.63, 3.8) is 0 Å². The van der Waals surface area contributed by atoms with Crippen molar-refractivity contribution in [2.24, 2.45) is 0 Å². The van der Waals surface area contributed by atoms with Crippen LogP contribution >= 0.6 is 0 Å². The highest BCUT2D eigenvalue weighted by Gasteiger charge is 2.22. The zero-order valence-corrected chi connectivity index (χ0v) is 19.8. The molecule has 0 amide bonds. The Hall–Kier alpha value is -4.45. The summed E-state index contributed by atoms with van der Waals surface area (Å²) in [6.07, 6.45) is 0.861. The van der Waals surface area contributed by atoms with Crippen LogP contribution in [-0.4, -0.2) is 26.5 Å². The van der Waals surface area contributed by atoms with E-state index >= 15 is 0 Å². The van der Waals surface area contributed by atoms with Gasteiger partial charge in [0.2, 0.25) is 5.88 Å². The van der Waals surface area contributed by atoms with Crippen LogP contribution in [0.25, 0.3) is 39.0 Å². The van der Waals surface area contributed by atoms with E-state index in [1.165, 1.54) is 21.0 Å². The molecule has 0 saturated heterocycles. The van der Waals surface area contributed by atoms with E-state index in [4.69, 9.17) is 9.47 Å². The smallest absolute Gasteiger partial charge is 0.428 e. The molecule has 0 saturated carbocycles. The van der Waals surface area contributed by atoms with Gasteiger partial charge in [-0.3, -0.25) is 0 Å². The number of rotatable bonds is 4. The fraction of sp³-hybridized carbons (Fsp3) is 0.138. The van der Waals surface area contributed by atoms with Crippen LogP contribution in [-0.2, 0) is 4.74 Å². The second kappa shape index (κ2) is 9.06. The van der Waals surface area contributed by atoms with E-state index in [-0.39, 0.29) is 5.88 Å². The van der Waals surface area contributed by atoms with E-state index in [0.717, 1.165) is 11.1 Å². The lowest BCUT2D eigenvalue weighted by atomic mass is 9.97. The van der Waals surface area contributed by atoms with Crippen LogP contribution in [0.3, 0.4) is 0 Å². The summed E-state index contributed by atoms with van der Waals surface area (Å²) in [4.78, 5) is 16.7. The van der Waals surface area contributed by atoms with Gasteiger partial charge in [-0.2, -0.15) is 9.78 Å². The van der Waals surface area contributed by atoms with Crippen molar-refractivity contribution in [1.29, 1.82) is 0 Å². The second-order valence-electron chi connectivity index (χ2n) is 9.14. The maximum absolute atomic E-state index is 12.4. The van der Waals surface area contributed by atoms with Gasteiger partial charge in [-0.1, -0.05) is 72.8 Å². The van der Waals surface area contributed by atoms with Crippen LogP contribution in [0.5, 0.6) is 5.88 Å². The minimum atomic E-state index is -0.799. The maximum Gasteiger partial charge on any atom is 0.515 e. The Morgan fingerprint density at radius 1 is 0.829 bits per heavy atom. The SMILES string of the molecule is CC(C)(C)OC(=O)Oc1cc(-c2ccc(-c3cccc4ccccc34)cc2)nn1-c1ccccn1. The first kappa shape index (κ1) is 22.3. The Labute approximate surface area is 203 Å². The van der Waals surface area contributed by atoms with Gasteiger partial charge in [0.25, 0.3) is 0 Å². The first-order valence-electron chi connectivity index (χ1n) is 11.4. The topological polar surface area (TPSA) is 66.2 Å². The van der Waals surface area contributed by atoms with Crippen molar-refractivity contribution < 1.29 is 14.3 Å². The Morgan fingerprint density at radius 3 is 2.29 bits per heavy atom. The molecule has 3 aromatic carbocycles. The number of ether oxygens (including phenoxy) is 2. The summed E-state index contributed by atoms with van der Waals surface area (Å²) in [5.41, 5.74) is 3.15. The highest BCUT2D eigenvalue weighted by Crippen LogP contribution is 2.31. The zero-order valence-electron chi connectivity index (χ0n) is 19.8. The monoisotopic (exact) mass is 463 g/mol. The van der Waals surface area contributed by atoms with Gasteiger partial charge in [-0.25, -0.2) is 9.78 Å². The van der Waals surface area contributed by atoms with Crippen LogP contribution < -0.4 is 4.74 Å². The van der Waals surface area contributed by atoms with E-state index in [2.05, 4.69) is 58.6 Å². The summed E-state index contributed by atoms with van der Waals surface area (Å²) in [6, 6.07) is 30.0. The molecule has 35 heavy (non-hydrogen) atoms. The number of aromatic nitrogens is 3. The number of fused-ring (bicyclic) bond motifs is 1. The first-order valence-corrected chi connectivity index (χ1v) is 11.4. The Balaban J connectivity index is 1.50. The number of pyridine rings is 1. The molecule has 6 nitrogen and oxygen atoms in total. The van der Waals surface area contributed by atoms with E-state index in [1.807, 2.05) is 30.3 Å². The molecular formula is C29H25N3O3. The third-order valence-corrected chi connectivity index (χ3v) is 5.40. The van der Waals surface area contributed by atoms with Gasteiger partial charge in [0.05, 0.1) is 5.69 Å². The molecule has 0 N–H and O–H groups in total. The minimum Gasteiger partial charge on any atom is -0.428 e. The van der Waals surface area contributed by atoms with E-state index in [1.54, 1.807) is 39.1 Å². The van der Waals surface area contributed by atoms with Crippen LogP contribution in [0.1, 0.15) is 20.8 Å². The molecule has 0 aliphatic heterocycles. The third-order valence-electron chi connectivity index (χ3n) is 5.40. The summed E-state index contributed by atoms with van der Waals surface area (Å²) >= 11 is 0. The number of hydrogen-bond acceptors (Lipinski definition) is 5. The Morgan fingerprint density at radius 2 is 1.54 bits per heavy atom. The number of nitrogens with zero attached hydrogens (tertiary/aromatic N) is 3. The Kier molecular flexibility index (Phi) is 5.79. The molecule has 5 aromatic rings. The molecule has 0 radical (unpaired) electrons. The van der Waals surface area contributed by atoms with Gasteiger partial charge in [0, 0.05) is 17.8 Å². The molecule has 2 heterocycles. The largest absolute Gasteiger partial charge is 0.515 e. The molecular weight excluding hydrogens is 438 g/mol. The molecule has 0 aliphatic rings. The summed E-state index contributed by atoms with van der Waals surface area (Å²) < 4.78 is 12.3. The fourth-order valence-electron chi connectivity index (χ4n) is 3.87. The highest BCUT2D eigenvalue weighted by molar-refractivity contribution is 5.96. The predicted molar refractivity (Wildman–Crippen MR) is 137 cm³/mol. The van der Waals surface area contributed by atoms with Gasteiger partial charge in [-0.05, 0) is 54.8 Å². The van der Waals surface area contributed by atoms with Crippen LogP contribution in [0.15, 0.2) is 97.2 Å². The summed E-state index contributed by atoms with van der Waals surface area (Å²) in [5.74, 6) is 0.760. The highest BCUT2D eigenvalue weighted by atomic mass is 16.7. The molecule has 0 unspecified atom stereocenters. The maximum atomic E-state index is 12.4. The van der Waals surface area contributed by atoms with Gasteiger partial charge in [-0.15, -0.1) is 0 Å². The van der Waals surface area contributed by atoms with Gasteiger partial charge in [0.1, 0.15) is 5.60 Å². The van der Waals surface area contributed by atoms with Gasteiger partial charge in [0.15, 0.2) is 5.82 Å². The number of benzene rings is 3. The lowest BCUT2D eigenvalue weighted by Crippen LogP contribution is -2.26. The average molecular weight is 464 g/mol. The predicted octanol–water partition coefficient (Wildman–Crippen LogP) is 7.07. The molecule has 2 aromatic heterocycles. The first-order chi connectivity index (χ1) is 16.9. The fourth-order valence-corrected chi connectivity index (χ4v) is 3.87. The van der Waals surface area contributed by atoms with Crippen LogP contribution in [0, 0.1) is 0 Å². The summed E-state index contributed by atoms with van der Waals surface area (Å²) in [6.45, 7) is 5.35. The van der Waals surface area contributed by atoms with Crippen molar-refractivity contribution in [3.8, 4) is 34.1 Å². The lowest BCUT2D eigenvalue weighted by Gasteiger charge is -2.18. The van der Waals surface area contributed by atoms with Gasteiger partial charge >= 0.3 is 6.16 Å². The molecule has 174 valence electrons. The van der Waals surface area contributed by atoms with Crippen LogP contribution in [0.2, 0.25) is 0 Å². The molecule has 6 heteroatoms. The molecule has 0 bridgehead atoms. The van der Waals surface area contributed by atoms with Crippen LogP contribution in [0.4, 0.5) is 4.79 Å². The zero-order chi connectivity index (χ0) is 24.4. The van der Waals surface area contributed by atoms with Crippen molar-refractivity contribution in [1.82, 2.24) is 14.8 Å². The van der Waals surface area contributed by atoms with Crippen molar-refractivity contribution in [3.05, 3.63) is 97.2 Å². The van der Waals surface area contributed by atoms with Crippen molar-refractivity contribution in [2.45, 2.75) is 26.4 Å². The number of carbonyl (C=O) groups excluding carboxylic acids is 1. The molecule has 0 atom stereocenters. The minimum absolute atomic E-state index is 0.228. The number of carbonyl (C=O) groups is 1. The third kappa shape index (κ3) is 4.92. The lowest BCUT2D eigenvalue weighted by molar-refractivity contribution is 0.0192. The standard InChI is InChI=1S/C29H25N3O3/c1-29(2,3)35-28(33)34-27-19-25(31-32(27)26-13-6-7-18-30-26)22-16-14-21(15-17-22)24-12-8-10-20-9-4-5-11-23(20)24/h4-19H,1-3H3. The molecule has 0 fully saturated rings. The molecule has 5 rings (SSSR count). The van der Waals surface area contributed by atoms with E-state index < -0.39 is 11.8 Å². The molecule has 0 spiro atoms. The van der Waals surface area contributed by atoms with Crippen molar-refractivity contribution in [2.75, 3.05) is 0 Å². The van der Waals surface area contributed by atoms with E-state index in [9.17, 15) is 4.79 Å². The van der Waals surface area contributed by atoms with E-state index in [0.29, 0.717) is 11.5 Å². The second-order valence-corrected chi connectivity index (χ2v) is 9.14. The van der Waals surface area contributed by atoms with Gasteiger partial charge < -0.3 is 9.47 Å².